The SMILES string of the molecule is COC(=O)C1Cc2ccc(NS(=O)(=O)O)cc2CN1C(=O)OC(C)(C)C. The van der Waals surface area contributed by atoms with E-state index in [2.05, 4.69) is 0 Å². The molecule has 1 aliphatic heterocycles. The minimum absolute atomic E-state index is 0.0327. The molecule has 10 heteroatoms. The van der Waals surface area contributed by atoms with Crippen LogP contribution < -0.4 is 4.72 Å². The number of carbonyl (C=O) groups excluding carboxylic acids is 2. The molecule has 144 valence electrons. The normalized spacial score (nSPS) is 17.3. The number of esters is 1. The number of anilines is 1. The molecule has 0 aliphatic carbocycles. The van der Waals surface area contributed by atoms with Crippen LogP contribution in [0.15, 0.2) is 18.2 Å². The molecule has 1 heterocycles. The summed E-state index contributed by atoms with van der Waals surface area (Å²) in [6.45, 7) is 5.17. The number of benzene rings is 1. The fraction of sp³-hybridized carbons (Fsp3) is 0.500. The van der Waals surface area contributed by atoms with Crippen LogP contribution in [-0.2, 0) is 37.5 Å². The summed E-state index contributed by atoms with van der Waals surface area (Å²) in [6.07, 6.45) is -0.473. The van der Waals surface area contributed by atoms with E-state index in [1.807, 2.05) is 4.72 Å². The van der Waals surface area contributed by atoms with Crippen molar-refractivity contribution < 1.29 is 32.0 Å². The summed E-state index contributed by atoms with van der Waals surface area (Å²) in [4.78, 5) is 25.9. The molecule has 1 amide bonds. The van der Waals surface area contributed by atoms with Gasteiger partial charge in [-0.15, -0.1) is 0 Å². The first-order valence-electron chi connectivity index (χ1n) is 7.84. The molecule has 0 spiro atoms. The molecule has 0 saturated heterocycles. The Morgan fingerprint density at radius 1 is 1.27 bits per heavy atom. The van der Waals surface area contributed by atoms with E-state index in [0.717, 1.165) is 5.56 Å². The van der Waals surface area contributed by atoms with E-state index in [1.54, 1.807) is 26.8 Å². The number of hydrogen-bond acceptors (Lipinski definition) is 6. The lowest BCUT2D eigenvalue weighted by atomic mass is 9.94. The van der Waals surface area contributed by atoms with Crippen molar-refractivity contribution in [1.29, 1.82) is 0 Å². The highest BCUT2D eigenvalue weighted by atomic mass is 32.2. The smallest absolute Gasteiger partial charge is 0.411 e. The fourth-order valence-corrected chi connectivity index (χ4v) is 3.08. The number of methoxy groups -OCH3 is 1. The number of nitrogens with one attached hydrogen (secondary N) is 1. The van der Waals surface area contributed by atoms with Gasteiger partial charge >= 0.3 is 22.4 Å². The molecule has 0 radical (unpaired) electrons. The van der Waals surface area contributed by atoms with Crippen LogP contribution in [-0.4, -0.2) is 48.7 Å². The zero-order valence-electron chi connectivity index (χ0n) is 15.0. The van der Waals surface area contributed by atoms with Gasteiger partial charge in [-0.1, -0.05) is 6.07 Å². The van der Waals surface area contributed by atoms with Crippen molar-refractivity contribution in [3.63, 3.8) is 0 Å². The van der Waals surface area contributed by atoms with Crippen LogP contribution in [0.3, 0.4) is 0 Å². The highest BCUT2D eigenvalue weighted by Crippen LogP contribution is 2.28. The molecule has 0 aromatic heterocycles. The summed E-state index contributed by atoms with van der Waals surface area (Å²) in [5.74, 6) is -0.568. The van der Waals surface area contributed by atoms with Crippen molar-refractivity contribution in [2.75, 3.05) is 11.8 Å². The van der Waals surface area contributed by atoms with Crippen LogP contribution >= 0.6 is 0 Å². The first-order valence-corrected chi connectivity index (χ1v) is 9.28. The molecule has 9 nitrogen and oxygen atoms in total. The van der Waals surface area contributed by atoms with E-state index >= 15 is 0 Å². The maximum Gasteiger partial charge on any atom is 0.411 e. The maximum absolute atomic E-state index is 12.5. The van der Waals surface area contributed by atoms with Crippen LogP contribution in [0.25, 0.3) is 0 Å². The van der Waals surface area contributed by atoms with Crippen molar-refractivity contribution in [1.82, 2.24) is 4.90 Å². The number of fused-ring (bicyclic) bond motifs is 1. The second-order valence-corrected chi connectivity index (χ2v) is 8.07. The maximum atomic E-state index is 12.5. The van der Waals surface area contributed by atoms with Gasteiger partial charge in [0.1, 0.15) is 11.6 Å². The zero-order chi connectivity index (χ0) is 19.7. The van der Waals surface area contributed by atoms with Gasteiger partial charge in [0, 0.05) is 6.42 Å². The monoisotopic (exact) mass is 386 g/mol. The molecule has 2 N–H and O–H groups in total. The molecule has 1 unspecified atom stereocenters. The number of carbonyl (C=O) groups is 2. The van der Waals surface area contributed by atoms with Crippen LogP contribution in [0, 0.1) is 0 Å². The minimum Gasteiger partial charge on any atom is -0.467 e. The Balaban J connectivity index is 2.35. The van der Waals surface area contributed by atoms with E-state index < -0.39 is 34.0 Å². The number of nitrogens with zero attached hydrogens (tertiary/aromatic N) is 1. The summed E-state index contributed by atoms with van der Waals surface area (Å²) in [5.41, 5.74) is 0.796. The van der Waals surface area contributed by atoms with Crippen molar-refractivity contribution in [2.24, 2.45) is 0 Å². The first-order chi connectivity index (χ1) is 11.9. The predicted octanol–water partition coefficient (Wildman–Crippen LogP) is 1.74. The van der Waals surface area contributed by atoms with E-state index in [-0.39, 0.29) is 18.7 Å². The van der Waals surface area contributed by atoms with Crippen LogP contribution in [0.2, 0.25) is 0 Å². The lowest BCUT2D eigenvalue weighted by molar-refractivity contribution is -0.147. The Kier molecular flexibility index (Phi) is 5.47. The van der Waals surface area contributed by atoms with Crippen molar-refractivity contribution >= 4 is 28.1 Å². The second kappa shape index (κ2) is 7.12. The quantitative estimate of drug-likeness (QED) is 0.599. The van der Waals surface area contributed by atoms with Crippen LogP contribution in [0.4, 0.5) is 10.5 Å². The van der Waals surface area contributed by atoms with E-state index in [1.165, 1.54) is 24.1 Å². The van der Waals surface area contributed by atoms with Crippen LogP contribution in [0.5, 0.6) is 0 Å². The standard InChI is InChI=1S/C16H22N2O7S/c1-16(2,3)25-15(20)18-9-11-7-12(17-26(21,22)23)6-5-10(11)8-13(18)14(19)24-4/h5-7,13,17H,8-9H2,1-4H3,(H,21,22,23). The fourth-order valence-electron chi connectivity index (χ4n) is 2.66. The third-order valence-electron chi connectivity index (χ3n) is 3.68. The molecule has 0 fully saturated rings. The molecule has 1 aromatic carbocycles. The third-order valence-corrected chi connectivity index (χ3v) is 4.18. The largest absolute Gasteiger partial charge is 0.467 e. The molecule has 0 saturated carbocycles. The molecular formula is C16H22N2O7S. The Labute approximate surface area is 152 Å². The van der Waals surface area contributed by atoms with E-state index in [9.17, 15) is 18.0 Å². The molecular weight excluding hydrogens is 364 g/mol. The zero-order valence-corrected chi connectivity index (χ0v) is 15.8. The van der Waals surface area contributed by atoms with Gasteiger partial charge in [0.05, 0.1) is 19.3 Å². The van der Waals surface area contributed by atoms with Crippen molar-refractivity contribution in [3.8, 4) is 0 Å². The summed E-state index contributed by atoms with van der Waals surface area (Å²) in [6, 6.07) is 3.74. The summed E-state index contributed by atoms with van der Waals surface area (Å²) in [5, 5.41) is 0. The molecule has 26 heavy (non-hydrogen) atoms. The summed E-state index contributed by atoms with van der Waals surface area (Å²) < 4.78 is 43.0. The summed E-state index contributed by atoms with van der Waals surface area (Å²) in [7, 11) is -3.17. The topological polar surface area (TPSA) is 122 Å². The van der Waals surface area contributed by atoms with E-state index in [0.29, 0.717) is 5.56 Å². The first kappa shape index (κ1) is 20.0. The predicted molar refractivity (Wildman–Crippen MR) is 92.9 cm³/mol. The Morgan fingerprint density at radius 3 is 2.46 bits per heavy atom. The van der Waals surface area contributed by atoms with Gasteiger partial charge < -0.3 is 9.47 Å². The van der Waals surface area contributed by atoms with Gasteiger partial charge in [-0.05, 0) is 44.0 Å². The van der Waals surface area contributed by atoms with Crippen molar-refractivity contribution in [2.45, 2.75) is 45.4 Å². The highest BCUT2D eigenvalue weighted by Gasteiger charge is 2.37. The van der Waals surface area contributed by atoms with Crippen LogP contribution in [0.1, 0.15) is 31.9 Å². The Bertz CT molecular complexity index is 814. The number of rotatable bonds is 3. The lowest BCUT2D eigenvalue weighted by Gasteiger charge is -2.36. The van der Waals surface area contributed by atoms with Gasteiger partial charge in [-0.2, -0.15) is 8.42 Å². The Morgan fingerprint density at radius 2 is 1.92 bits per heavy atom. The molecule has 1 atom stereocenters. The molecule has 1 aromatic rings. The number of hydrogen-bond donors (Lipinski definition) is 2. The lowest BCUT2D eigenvalue weighted by Crippen LogP contribution is -2.50. The Hall–Kier alpha value is -2.33. The van der Waals surface area contributed by atoms with Gasteiger partial charge in [0.25, 0.3) is 0 Å². The highest BCUT2D eigenvalue weighted by molar-refractivity contribution is 7.87. The average molecular weight is 386 g/mol. The van der Waals surface area contributed by atoms with E-state index in [4.69, 9.17) is 14.0 Å². The van der Waals surface area contributed by atoms with Gasteiger partial charge in [-0.3, -0.25) is 14.2 Å². The summed E-state index contributed by atoms with van der Waals surface area (Å²) >= 11 is 0. The van der Waals surface area contributed by atoms with Gasteiger partial charge in [-0.25, -0.2) is 9.59 Å². The molecule has 2 rings (SSSR count). The average Bonchev–Trinajstić information content (AvgIpc) is 2.49. The number of ether oxygens (including phenoxy) is 2. The molecule has 0 bridgehead atoms. The molecule has 1 aliphatic rings. The van der Waals surface area contributed by atoms with Gasteiger partial charge in [0.2, 0.25) is 0 Å². The third kappa shape index (κ3) is 5.09. The second-order valence-electron chi connectivity index (χ2n) is 6.91. The van der Waals surface area contributed by atoms with Crippen molar-refractivity contribution in [3.05, 3.63) is 29.3 Å². The number of amides is 1. The van der Waals surface area contributed by atoms with Gasteiger partial charge in [0.15, 0.2) is 0 Å². The minimum atomic E-state index is -4.42.